The zero-order valence-corrected chi connectivity index (χ0v) is 61.1. The molecule has 0 spiro atoms. The fraction of sp³-hybridized carbons (Fsp3) is 0.899. The van der Waals surface area contributed by atoms with Crippen LogP contribution < -0.4 is 0 Å². The number of carbonyl (C=O) groups is 2. The first-order chi connectivity index (χ1) is 43.5. The van der Waals surface area contributed by atoms with Crippen LogP contribution in [0.15, 0.2) is 36.5 Å². The highest BCUT2D eigenvalue weighted by atomic mass is 31.2. The highest BCUT2D eigenvalue weighted by Gasteiger charge is 2.27. The van der Waals surface area contributed by atoms with Gasteiger partial charge >= 0.3 is 19.8 Å². The molecule has 89 heavy (non-hydrogen) atoms. The van der Waals surface area contributed by atoms with E-state index in [2.05, 4.69) is 50.3 Å². The summed E-state index contributed by atoms with van der Waals surface area (Å²) >= 11 is 0. The number of nitrogens with zero attached hydrogens (tertiary/aromatic N) is 1. The Morgan fingerprint density at radius 3 is 0.899 bits per heavy atom. The van der Waals surface area contributed by atoms with E-state index in [4.69, 9.17) is 18.5 Å². The molecule has 2 atom stereocenters. The molecule has 0 aliphatic rings. The molecular weight excluding hydrogens is 1120 g/mol. The lowest BCUT2D eigenvalue weighted by Gasteiger charge is -2.24. The van der Waals surface area contributed by atoms with Gasteiger partial charge in [-0.1, -0.05) is 378 Å². The van der Waals surface area contributed by atoms with Gasteiger partial charge in [-0.3, -0.25) is 18.6 Å². The van der Waals surface area contributed by atoms with Gasteiger partial charge in [0.25, 0.3) is 0 Å². The standard InChI is InChI=1S/C79H152NO8P/c1-6-8-10-12-14-16-18-20-22-24-26-28-30-32-34-36-38-39-40-42-43-45-47-49-51-53-55-57-59-61-63-65-67-69-71-78(81)85-75-77(76-87-89(83,84)86-74-73-80(3,4)5)88-79(82)72-70-68-66-64-62-60-58-56-54-52-50-48-46-44-41-37-35-33-31-29-27-25-23-21-19-17-15-13-11-9-7-2/h19,21,25,27,31,33,77H,6-18,20,22-24,26,28-30,32,34-76H2,1-5H3/p+1/b21-19-,27-25-,33-31-. The molecule has 526 valence electrons. The van der Waals surface area contributed by atoms with Gasteiger partial charge in [-0.25, -0.2) is 4.57 Å². The second-order valence-corrected chi connectivity index (χ2v) is 29.6. The van der Waals surface area contributed by atoms with Gasteiger partial charge in [0, 0.05) is 12.8 Å². The fourth-order valence-electron chi connectivity index (χ4n) is 11.9. The minimum absolute atomic E-state index is 0.0346. The highest BCUT2D eigenvalue weighted by molar-refractivity contribution is 7.47. The number of carbonyl (C=O) groups excluding carboxylic acids is 2. The van der Waals surface area contributed by atoms with Gasteiger partial charge < -0.3 is 18.9 Å². The molecule has 0 aromatic rings. The van der Waals surface area contributed by atoms with Crippen LogP contribution in [0.1, 0.15) is 406 Å². The number of hydrogen-bond acceptors (Lipinski definition) is 7. The quantitative estimate of drug-likeness (QED) is 0.0211. The molecule has 0 bridgehead atoms. The lowest BCUT2D eigenvalue weighted by molar-refractivity contribution is -0.870. The third kappa shape index (κ3) is 75.1. The predicted octanol–water partition coefficient (Wildman–Crippen LogP) is 25.8. The molecule has 2 unspecified atom stereocenters. The molecule has 0 aromatic carbocycles. The summed E-state index contributed by atoms with van der Waals surface area (Å²) in [6.07, 6.45) is 91.5. The lowest BCUT2D eigenvalue weighted by Crippen LogP contribution is -2.37. The third-order valence-electron chi connectivity index (χ3n) is 17.9. The average molecular weight is 1280 g/mol. The monoisotopic (exact) mass is 1280 g/mol. The van der Waals surface area contributed by atoms with E-state index in [0.29, 0.717) is 23.9 Å². The van der Waals surface area contributed by atoms with Crippen LogP contribution in [-0.4, -0.2) is 74.9 Å². The van der Waals surface area contributed by atoms with Crippen LogP contribution in [-0.2, 0) is 32.7 Å². The second-order valence-electron chi connectivity index (χ2n) is 28.1. The van der Waals surface area contributed by atoms with Gasteiger partial charge in [0.1, 0.15) is 19.8 Å². The third-order valence-corrected chi connectivity index (χ3v) is 18.9. The zero-order valence-electron chi connectivity index (χ0n) is 60.2. The second kappa shape index (κ2) is 70.5. The van der Waals surface area contributed by atoms with E-state index in [1.165, 1.54) is 327 Å². The number of unbranched alkanes of at least 4 members (excludes halogenated alkanes) is 54. The van der Waals surface area contributed by atoms with Crippen LogP contribution >= 0.6 is 7.82 Å². The van der Waals surface area contributed by atoms with Gasteiger partial charge in [-0.2, -0.15) is 0 Å². The van der Waals surface area contributed by atoms with Crippen molar-refractivity contribution in [3.05, 3.63) is 36.5 Å². The van der Waals surface area contributed by atoms with Crippen molar-refractivity contribution in [1.82, 2.24) is 0 Å². The number of quaternary nitrogens is 1. The van der Waals surface area contributed by atoms with Crippen LogP contribution in [0.3, 0.4) is 0 Å². The molecule has 0 rings (SSSR count). The van der Waals surface area contributed by atoms with E-state index in [1.54, 1.807) is 0 Å². The average Bonchev–Trinajstić information content (AvgIpc) is 3.60. The van der Waals surface area contributed by atoms with E-state index in [9.17, 15) is 19.0 Å². The minimum Gasteiger partial charge on any atom is -0.462 e. The Labute approximate surface area is 554 Å². The van der Waals surface area contributed by atoms with E-state index in [-0.39, 0.29) is 25.6 Å². The molecule has 9 nitrogen and oxygen atoms in total. The Hall–Kier alpha value is -1.77. The number of esters is 2. The molecule has 0 aliphatic carbocycles. The van der Waals surface area contributed by atoms with Crippen molar-refractivity contribution in [2.24, 2.45) is 0 Å². The van der Waals surface area contributed by atoms with E-state index in [0.717, 1.165) is 44.9 Å². The van der Waals surface area contributed by atoms with Crippen molar-refractivity contribution in [1.29, 1.82) is 0 Å². The molecule has 0 aromatic heterocycles. The number of phosphoric acid groups is 1. The van der Waals surface area contributed by atoms with Gasteiger partial charge in [0.2, 0.25) is 0 Å². The van der Waals surface area contributed by atoms with E-state index < -0.39 is 26.5 Å². The Morgan fingerprint density at radius 1 is 0.348 bits per heavy atom. The molecule has 0 heterocycles. The van der Waals surface area contributed by atoms with Crippen LogP contribution in [0, 0.1) is 0 Å². The highest BCUT2D eigenvalue weighted by Crippen LogP contribution is 2.43. The van der Waals surface area contributed by atoms with Crippen molar-refractivity contribution in [2.75, 3.05) is 47.5 Å². The van der Waals surface area contributed by atoms with Crippen molar-refractivity contribution >= 4 is 19.8 Å². The van der Waals surface area contributed by atoms with Crippen LogP contribution in [0.2, 0.25) is 0 Å². The van der Waals surface area contributed by atoms with Gasteiger partial charge in [0.15, 0.2) is 6.10 Å². The summed E-state index contributed by atoms with van der Waals surface area (Å²) in [5.74, 6) is -0.773. The van der Waals surface area contributed by atoms with Crippen molar-refractivity contribution in [3.63, 3.8) is 0 Å². The molecule has 0 fully saturated rings. The number of phosphoric ester groups is 1. The van der Waals surface area contributed by atoms with E-state index in [1.807, 2.05) is 21.1 Å². The summed E-state index contributed by atoms with van der Waals surface area (Å²) < 4.78 is 34.8. The number of ether oxygens (including phenoxy) is 2. The normalized spacial score (nSPS) is 13.2. The molecule has 1 N–H and O–H groups in total. The first-order valence-electron chi connectivity index (χ1n) is 39.2. The summed E-state index contributed by atoms with van der Waals surface area (Å²) in [6.45, 7) is 4.50. The summed E-state index contributed by atoms with van der Waals surface area (Å²) in [7, 11) is 1.50. The maximum absolute atomic E-state index is 12.9. The van der Waals surface area contributed by atoms with Gasteiger partial charge in [0.05, 0.1) is 27.7 Å². The van der Waals surface area contributed by atoms with Crippen molar-refractivity contribution in [2.45, 2.75) is 412 Å². The van der Waals surface area contributed by atoms with Gasteiger partial charge in [-0.15, -0.1) is 0 Å². The first kappa shape index (κ1) is 87.2. The molecule has 10 heteroatoms. The summed E-state index contributed by atoms with van der Waals surface area (Å²) in [5, 5.41) is 0. The molecular formula is C79H153NO8P+. The molecule has 0 aliphatic heterocycles. The maximum Gasteiger partial charge on any atom is 0.472 e. The molecule has 0 saturated heterocycles. The largest absolute Gasteiger partial charge is 0.472 e. The Balaban J connectivity index is 3.93. The smallest absolute Gasteiger partial charge is 0.462 e. The topological polar surface area (TPSA) is 108 Å². The molecule has 0 saturated carbocycles. The fourth-order valence-corrected chi connectivity index (χ4v) is 12.7. The summed E-state index contributed by atoms with van der Waals surface area (Å²) in [5.41, 5.74) is 0. The maximum atomic E-state index is 12.9. The molecule has 0 amide bonds. The van der Waals surface area contributed by atoms with Crippen molar-refractivity contribution in [3.8, 4) is 0 Å². The lowest BCUT2D eigenvalue weighted by atomic mass is 10.0. The Morgan fingerprint density at radius 2 is 0.607 bits per heavy atom. The zero-order chi connectivity index (χ0) is 64.8. The molecule has 0 radical (unpaired) electrons. The summed E-state index contributed by atoms with van der Waals surface area (Å²) in [4.78, 5) is 36.0. The number of hydrogen-bond donors (Lipinski definition) is 1. The van der Waals surface area contributed by atoms with Gasteiger partial charge in [-0.05, 0) is 51.4 Å². The minimum atomic E-state index is -4.39. The first-order valence-corrected chi connectivity index (χ1v) is 40.7. The number of rotatable bonds is 74. The van der Waals surface area contributed by atoms with E-state index >= 15 is 0 Å². The SMILES string of the molecule is CCCCCCC/C=C\C/C=C\C/C=C\CCCCCCCCCCCCCCCCCCC(=O)OC(COC(=O)CCCCCCCCCCCCCCCCCCCCCCCCCCCCCCCCCCCC)COP(=O)(O)OCC[N+](C)(C)C. The van der Waals surface area contributed by atoms with Crippen LogP contribution in [0.5, 0.6) is 0 Å². The number of likely N-dealkylation sites (N-methyl/N-ethyl adjacent to an activating group) is 1. The Kier molecular flexibility index (Phi) is 69.1. The van der Waals surface area contributed by atoms with Crippen molar-refractivity contribution < 1.29 is 42.1 Å². The Bertz CT molecular complexity index is 1590. The summed E-state index contributed by atoms with van der Waals surface area (Å²) in [6, 6.07) is 0. The van der Waals surface area contributed by atoms with Crippen LogP contribution in [0.4, 0.5) is 0 Å². The number of allylic oxidation sites excluding steroid dienone is 6. The predicted molar refractivity (Wildman–Crippen MR) is 386 cm³/mol. The van der Waals surface area contributed by atoms with Crippen LogP contribution in [0.25, 0.3) is 0 Å².